The highest BCUT2D eigenvalue weighted by atomic mass is 16.2. The van der Waals surface area contributed by atoms with Gasteiger partial charge in [-0.3, -0.25) is 23.4 Å². The first-order chi connectivity index (χ1) is 13.7. The first-order valence-corrected chi connectivity index (χ1v) is 8.83. The Kier molecular flexibility index (Phi) is 5.02. The molecule has 0 aliphatic carbocycles. The standard InChI is InChI=1S/C11H13N3O.C8H10N4O2/c1-8-10(12)11(15)14(13(8)2)9-6-4-3-5-7-9;1-10-4-9-6-5(10)7(13)12(3)8(14)11(6)2/h3-7H,12H2,1-2H3;4H,1-3H3. The molecule has 10 nitrogen and oxygen atoms in total. The van der Waals surface area contributed by atoms with Crippen LogP contribution in [0.1, 0.15) is 5.69 Å². The fourth-order valence-electron chi connectivity index (χ4n) is 3.06. The molecule has 2 N–H and O–H groups in total. The van der Waals surface area contributed by atoms with Gasteiger partial charge in [0.1, 0.15) is 5.69 Å². The Labute approximate surface area is 165 Å². The van der Waals surface area contributed by atoms with Crippen LogP contribution in [0.25, 0.3) is 16.9 Å². The molecule has 0 aliphatic heterocycles. The van der Waals surface area contributed by atoms with Gasteiger partial charge in [-0.2, -0.15) is 0 Å². The van der Waals surface area contributed by atoms with Gasteiger partial charge in [-0.1, -0.05) is 18.2 Å². The topological polar surface area (TPSA) is 115 Å². The summed E-state index contributed by atoms with van der Waals surface area (Å²) in [5, 5.41) is 0. The van der Waals surface area contributed by atoms with Crippen molar-refractivity contribution in [2.75, 3.05) is 5.73 Å². The normalized spacial score (nSPS) is 10.8. The van der Waals surface area contributed by atoms with Gasteiger partial charge in [-0.25, -0.2) is 14.5 Å². The predicted molar refractivity (Wildman–Crippen MR) is 111 cm³/mol. The summed E-state index contributed by atoms with van der Waals surface area (Å²) in [6.07, 6.45) is 1.52. The molecule has 29 heavy (non-hydrogen) atoms. The Morgan fingerprint density at radius 1 is 0.897 bits per heavy atom. The van der Waals surface area contributed by atoms with Crippen LogP contribution < -0.4 is 22.5 Å². The van der Waals surface area contributed by atoms with Crippen LogP contribution >= 0.6 is 0 Å². The number of hydrogen-bond donors (Lipinski definition) is 1. The number of rotatable bonds is 1. The van der Waals surface area contributed by atoms with E-state index < -0.39 is 0 Å². The van der Waals surface area contributed by atoms with Gasteiger partial charge in [0, 0.05) is 28.2 Å². The molecule has 0 atom stereocenters. The van der Waals surface area contributed by atoms with E-state index in [-0.39, 0.29) is 16.8 Å². The Hall–Kier alpha value is -3.82. The van der Waals surface area contributed by atoms with E-state index in [1.165, 1.54) is 17.9 Å². The quantitative estimate of drug-likeness (QED) is 0.487. The van der Waals surface area contributed by atoms with E-state index in [1.807, 2.05) is 44.3 Å². The number of nitrogen functional groups attached to an aromatic ring is 1. The largest absolute Gasteiger partial charge is 0.393 e. The molecule has 0 saturated heterocycles. The number of para-hydroxylation sites is 1. The fraction of sp³-hybridized carbons (Fsp3) is 0.263. The summed E-state index contributed by atoms with van der Waals surface area (Å²) in [5.74, 6) is 0. The number of hydrogen-bond acceptors (Lipinski definition) is 5. The monoisotopic (exact) mass is 397 g/mol. The van der Waals surface area contributed by atoms with Crippen molar-refractivity contribution >= 4 is 16.9 Å². The summed E-state index contributed by atoms with van der Waals surface area (Å²) in [4.78, 5) is 39.0. The molecule has 1 aromatic carbocycles. The molecule has 152 valence electrons. The molecule has 0 bridgehead atoms. The molecule has 0 spiro atoms. The minimum absolute atomic E-state index is 0.166. The molecule has 0 saturated carbocycles. The van der Waals surface area contributed by atoms with Crippen molar-refractivity contribution in [3.05, 3.63) is 73.5 Å². The van der Waals surface area contributed by atoms with Gasteiger partial charge in [0.05, 0.1) is 17.7 Å². The van der Waals surface area contributed by atoms with Crippen molar-refractivity contribution < 1.29 is 0 Å². The van der Waals surface area contributed by atoms with Gasteiger partial charge in [0.25, 0.3) is 11.1 Å². The van der Waals surface area contributed by atoms with E-state index in [0.29, 0.717) is 16.9 Å². The summed E-state index contributed by atoms with van der Waals surface area (Å²) in [6.45, 7) is 1.83. The molecule has 0 radical (unpaired) electrons. The maximum Gasteiger partial charge on any atom is 0.332 e. The number of fused-ring (bicyclic) bond motifs is 1. The summed E-state index contributed by atoms with van der Waals surface area (Å²) < 4.78 is 7.36. The van der Waals surface area contributed by atoms with E-state index in [1.54, 1.807) is 28.0 Å². The van der Waals surface area contributed by atoms with E-state index >= 15 is 0 Å². The highest BCUT2D eigenvalue weighted by Gasteiger charge is 2.12. The zero-order valence-corrected chi connectivity index (χ0v) is 16.9. The van der Waals surface area contributed by atoms with Crippen LogP contribution in [-0.2, 0) is 28.2 Å². The molecule has 0 amide bonds. The molecule has 4 aromatic rings. The fourth-order valence-corrected chi connectivity index (χ4v) is 3.06. The van der Waals surface area contributed by atoms with Crippen molar-refractivity contribution in [1.29, 1.82) is 0 Å². The van der Waals surface area contributed by atoms with Gasteiger partial charge in [0.2, 0.25) is 0 Å². The molecular formula is C19H23N7O3. The summed E-state index contributed by atoms with van der Waals surface area (Å²) in [6, 6.07) is 9.44. The zero-order valence-electron chi connectivity index (χ0n) is 16.9. The third-order valence-corrected chi connectivity index (χ3v) is 4.92. The highest BCUT2D eigenvalue weighted by molar-refractivity contribution is 5.69. The average Bonchev–Trinajstić information content (AvgIpc) is 3.20. The summed E-state index contributed by atoms with van der Waals surface area (Å²) >= 11 is 0. The second-order valence-corrected chi connectivity index (χ2v) is 6.71. The first-order valence-electron chi connectivity index (χ1n) is 8.83. The first kappa shape index (κ1) is 19.9. The Morgan fingerprint density at radius 2 is 1.52 bits per heavy atom. The summed E-state index contributed by atoms with van der Waals surface area (Å²) in [7, 11) is 6.59. The van der Waals surface area contributed by atoms with E-state index in [0.717, 1.165) is 15.9 Å². The van der Waals surface area contributed by atoms with Gasteiger partial charge < -0.3 is 10.3 Å². The SMILES string of the molecule is Cc1c(N)c(=O)n(-c2ccccc2)n1C.Cn1c(=O)c2c(ncn2C)n(C)c1=O. The minimum Gasteiger partial charge on any atom is -0.393 e. The lowest BCUT2D eigenvalue weighted by Crippen LogP contribution is -2.37. The van der Waals surface area contributed by atoms with E-state index in [4.69, 9.17) is 5.73 Å². The van der Waals surface area contributed by atoms with Crippen LogP contribution in [0.3, 0.4) is 0 Å². The second kappa shape index (κ2) is 7.30. The predicted octanol–water partition coefficient (Wildman–Crippen LogP) is 0.0373. The lowest BCUT2D eigenvalue weighted by atomic mass is 10.3. The number of anilines is 1. The molecular weight excluding hydrogens is 374 g/mol. The third kappa shape index (κ3) is 3.18. The number of aryl methyl sites for hydroxylation is 2. The molecule has 3 heterocycles. The molecule has 0 fully saturated rings. The maximum atomic E-state index is 11.8. The Bertz CT molecular complexity index is 1370. The number of aromatic nitrogens is 6. The molecule has 0 unspecified atom stereocenters. The van der Waals surface area contributed by atoms with Crippen LogP contribution in [0, 0.1) is 6.92 Å². The third-order valence-electron chi connectivity index (χ3n) is 4.92. The number of benzene rings is 1. The molecule has 3 aromatic heterocycles. The van der Waals surface area contributed by atoms with E-state index in [2.05, 4.69) is 4.98 Å². The van der Waals surface area contributed by atoms with Gasteiger partial charge in [0.15, 0.2) is 11.2 Å². The number of nitrogens with zero attached hydrogens (tertiary/aromatic N) is 6. The second-order valence-electron chi connectivity index (χ2n) is 6.71. The highest BCUT2D eigenvalue weighted by Crippen LogP contribution is 2.10. The van der Waals surface area contributed by atoms with Gasteiger partial charge >= 0.3 is 5.69 Å². The van der Waals surface area contributed by atoms with Crippen LogP contribution in [0.5, 0.6) is 0 Å². The van der Waals surface area contributed by atoms with E-state index in [9.17, 15) is 14.4 Å². The summed E-state index contributed by atoms with van der Waals surface area (Å²) in [5.41, 5.74) is 7.61. The zero-order chi connectivity index (χ0) is 21.5. The number of nitrogens with two attached hydrogens (primary N) is 1. The molecule has 4 rings (SSSR count). The lowest BCUT2D eigenvalue weighted by molar-refractivity contribution is 0.630. The lowest BCUT2D eigenvalue weighted by Gasteiger charge is -2.07. The molecule has 0 aliphatic rings. The van der Waals surface area contributed by atoms with Crippen LogP contribution in [-0.4, -0.2) is 28.0 Å². The van der Waals surface area contributed by atoms with Crippen molar-refractivity contribution in [2.45, 2.75) is 6.92 Å². The van der Waals surface area contributed by atoms with Crippen molar-refractivity contribution in [3.63, 3.8) is 0 Å². The van der Waals surface area contributed by atoms with Crippen molar-refractivity contribution in [1.82, 2.24) is 28.0 Å². The minimum atomic E-state index is -0.360. The van der Waals surface area contributed by atoms with Crippen molar-refractivity contribution in [3.8, 4) is 5.69 Å². The number of imidazole rings is 1. The molecule has 10 heteroatoms. The maximum absolute atomic E-state index is 11.8. The Morgan fingerprint density at radius 3 is 2.07 bits per heavy atom. The van der Waals surface area contributed by atoms with Crippen LogP contribution in [0.4, 0.5) is 5.69 Å². The Balaban J connectivity index is 0.000000166. The van der Waals surface area contributed by atoms with Gasteiger partial charge in [-0.15, -0.1) is 0 Å². The smallest absolute Gasteiger partial charge is 0.332 e. The van der Waals surface area contributed by atoms with Gasteiger partial charge in [-0.05, 0) is 19.1 Å². The van der Waals surface area contributed by atoms with Crippen molar-refractivity contribution in [2.24, 2.45) is 28.2 Å². The average molecular weight is 397 g/mol. The van der Waals surface area contributed by atoms with Crippen LogP contribution in [0.15, 0.2) is 51.0 Å². The van der Waals surface area contributed by atoms with Crippen LogP contribution in [0.2, 0.25) is 0 Å².